The van der Waals surface area contributed by atoms with Crippen molar-refractivity contribution in [1.29, 1.82) is 0 Å². The molecule has 1 unspecified atom stereocenters. The van der Waals surface area contributed by atoms with Crippen LogP contribution in [-0.4, -0.2) is 62.3 Å². The lowest BCUT2D eigenvalue weighted by atomic mass is 10.1. The fraction of sp³-hybridized carbons (Fsp3) is 0.483. The molecule has 2 aromatic rings. The van der Waals surface area contributed by atoms with Crippen LogP contribution in [-0.2, 0) is 18.7 Å². The Morgan fingerprint density at radius 2 is 1.22 bits per heavy atom. The molecule has 0 radical (unpaired) electrons. The fourth-order valence-corrected chi connectivity index (χ4v) is 5.46. The highest BCUT2D eigenvalue weighted by Gasteiger charge is 2.39. The second-order valence-electron chi connectivity index (χ2n) is 9.41. The first-order chi connectivity index (χ1) is 21.2. The van der Waals surface area contributed by atoms with Gasteiger partial charge in [-0.15, -0.1) is 0 Å². The molecule has 252 valence electrons. The number of alkyl halides is 6. The summed E-state index contributed by atoms with van der Waals surface area (Å²) >= 11 is 0. The van der Waals surface area contributed by atoms with Crippen LogP contribution in [0.15, 0.2) is 58.8 Å². The van der Waals surface area contributed by atoms with Gasteiger partial charge in [0.15, 0.2) is 11.4 Å². The molecule has 1 atom stereocenters. The van der Waals surface area contributed by atoms with Gasteiger partial charge >= 0.3 is 22.5 Å². The number of unbranched alkanes of at least 4 members (excludes halogenated alkanes) is 2. The molecule has 45 heavy (non-hydrogen) atoms. The van der Waals surface area contributed by atoms with Gasteiger partial charge in [0.1, 0.15) is 11.5 Å². The van der Waals surface area contributed by atoms with Crippen LogP contribution in [0.4, 0.5) is 26.3 Å². The zero-order valence-corrected chi connectivity index (χ0v) is 26.6. The van der Waals surface area contributed by atoms with Gasteiger partial charge in [-0.05, 0) is 73.7 Å². The number of halogens is 6. The first-order valence-corrected chi connectivity index (χ1v) is 17.0. The van der Waals surface area contributed by atoms with E-state index in [-0.39, 0.29) is 30.9 Å². The Hall–Kier alpha value is -3.27. The molecule has 0 fully saturated rings. The van der Waals surface area contributed by atoms with Crippen LogP contribution in [0.25, 0.3) is 0 Å². The highest BCUT2D eigenvalue weighted by Crippen LogP contribution is 2.27. The van der Waals surface area contributed by atoms with Crippen LogP contribution >= 0.6 is 10.8 Å². The number of ether oxygens (including phenoxy) is 2. The fourth-order valence-electron chi connectivity index (χ4n) is 3.42. The summed E-state index contributed by atoms with van der Waals surface area (Å²) in [4.78, 5) is 0. The Bertz CT molecular complexity index is 1390. The molecule has 0 aromatic heterocycles. The smallest absolute Gasteiger partial charge is 0.437 e. The molecule has 0 aliphatic heterocycles. The zero-order chi connectivity index (χ0) is 33.5. The molecule has 0 amide bonds. The van der Waals surface area contributed by atoms with E-state index in [2.05, 4.69) is 14.6 Å². The Morgan fingerprint density at radius 1 is 0.756 bits per heavy atom. The quantitative estimate of drug-likeness (QED) is 0.0518. The second kappa shape index (κ2) is 18.0. The standard InChI is InChI=1S/C29H36F6N2O6S2/c1-4-7-20-44(6-3)42-36-26(28(30,31)32)22-10-14-24(15-11-22)40-18-9-19-41-25-16-12-23(13-17-25)27(29(33,34)35)37-43-45(38,39)21-8-5-2/h6,10-17H,4-5,7-9,18-21H2,1-3H3. The zero-order valence-electron chi connectivity index (χ0n) is 25.0. The van der Waals surface area contributed by atoms with E-state index in [1.165, 1.54) is 36.4 Å². The van der Waals surface area contributed by atoms with Crippen molar-refractivity contribution in [1.82, 2.24) is 0 Å². The Morgan fingerprint density at radius 3 is 1.64 bits per heavy atom. The van der Waals surface area contributed by atoms with E-state index in [0.29, 0.717) is 24.3 Å². The minimum atomic E-state index is -4.97. The third-order valence-electron chi connectivity index (χ3n) is 5.79. The van der Waals surface area contributed by atoms with Crippen LogP contribution in [0, 0.1) is 0 Å². The van der Waals surface area contributed by atoms with Crippen LogP contribution < -0.4 is 9.47 Å². The Labute approximate surface area is 261 Å². The van der Waals surface area contributed by atoms with Gasteiger partial charge in [0.05, 0.1) is 19.0 Å². The maximum atomic E-state index is 13.6. The number of oxime groups is 2. The van der Waals surface area contributed by atoms with Gasteiger partial charge in [0, 0.05) is 34.1 Å². The number of rotatable bonds is 18. The second-order valence-corrected chi connectivity index (χ2v) is 12.9. The van der Waals surface area contributed by atoms with Gasteiger partial charge in [-0.25, -0.2) is 0 Å². The van der Waals surface area contributed by atoms with Crippen molar-refractivity contribution in [2.45, 2.75) is 65.2 Å². The number of benzene rings is 2. The van der Waals surface area contributed by atoms with Gasteiger partial charge in [-0.1, -0.05) is 37.0 Å². The average molecular weight is 687 g/mol. The molecule has 0 bridgehead atoms. The molecular formula is C29H36F6N2O6S2. The minimum Gasteiger partial charge on any atom is -0.493 e. The summed E-state index contributed by atoms with van der Waals surface area (Å²) in [6.07, 6.45) is -6.94. The maximum Gasteiger partial charge on any atom is 0.437 e. The molecular weight excluding hydrogens is 650 g/mol. The first-order valence-electron chi connectivity index (χ1n) is 14.0. The van der Waals surface area contributed by atoms with Gasteiger partial charge < -0.3 is 13.8 Å². The molecule has 0 aliphatic carbocycles. The van der Waals surface area contributed by atoms with Crippen molar-refractivity contribution in [2.24, 2.45) is 10.3 Å². The summed E-state index contributed by atoms with van der Waals surface area (Å²) in [5, 5.41) is 7.97. The molecule has 2 aromatic carbocycles. The predicted octanol–water partition coefficient (Wildman–Crippen LogP) is 8.04. The highest BCUT2D eigenvalue weighted by molar-refractivity contribution is 8.10. The summed E-state index contributed by atoms with van der Waals surface area (Å²) in [5.74, 6) is 0.676. The minimum absolute atomic E-state index is 0.118. The number of hydrogen-bond acceptors (Lipinski definition) is 8. The topological polar surface area (TPSA) is 95.8 Å². The van der Waals surface area contributed by atoms with E-state index >= 15 is 0 Å². The van der Waals surface area contributed by atoms with Crippen LogP contribution in [0.2, 0.25) is 0 Å². The van der Waals surface area contributed by atoms with E-state index < -0.39 is 56.0 Å². The lowest BCUT2D eigenvalue weighted by Crippen LogP contribution is -2.25. The SMILES string of the molecule is CC=S(CCCC)ON=C(c1ccc(OCCCOc2ccc(C(=NOS(=O)(=O)CCCC)C(F)(F)F)cc2)cc1)C(F)(F)F. The van der Waals surface area contributed by atoms with E-state index in [1.807, 2.05) is 6.92 Å². The van der Waals surface area contributed by atoms with E-state index in [9.17, 15) is 34.8 Å². The van der Waals surface area contributed by atoms with Crippen LogP contribution in [0.5, 0.6) is 11.5 Å². The molecule has 2 rings (SSSR count). The van der Waals surface area contributed by atoms with Gasteiger partial charge in [-0.3, -0.25) is 4.28 Å². The van der Waals surface area contributed by atoms with Gasteiger partial charge in [0.2, 0.25) is 0 Å². The molecule has 8 nitrogen and oxygen atoms in total. The van der Waals surface area contributed by atoms with Crippen molar-refractivity contribution in [3.8, 4) is 11.5 Å². The molecule has 0 saturated heterocycles. The molecule has 0 saturated carbocycles. The van der Waals surface area contributed by atoms with Crippen molar-refractivity contribution >= 4 is 37.7 Å². The van der Waals surface area contributed by atoms with Crippen molar-refractivity contribution in [3.63, 3.8) is 0 Å². The molecule has 0 heterocycles. The molecule has 0 spiro atoms. The summed E-state index contributed by atoms with van der Waals surface area (Å²) in [7, 11) is -5.08. The van der Waals surface area contributed by atoms with Crippen molar-refractivity contribution in [3.05, 3.63) is 59.7 Å². The van der Waals surface area contributed by atoms with Crippen LogP contribution in [0.1, 0.15) is 64.0 Å². The molecule has 0 N–H and O–H groups in total. The summed E-state index contributed by atoms with van der Waals surface area (Å²) in [6, 6.07) is 9.86. The summed E-state index contributed by atoms with van der Waals surface area (Å²) < 4.78 is 125. The first kappa shape index (κ1) is 37.9. The highest BCUT2D eigenvalue weighted by atomic mass is 32.2. The molecule has 16 heteroatoms. The largest absolute Gasteiger partial charge is 0.493 e. The van der Waals surface area contributed by atoms with E-state index in [4.69, 9.17) is 13.8 Å². The van der Waals surface area contributed by atoms with Crippen molar-refractivity contribution < 1.29 is 52.8 Å². The Kier molecular flexibility index (Phi) is 15.2. The average Bonchev–Trinajstić information content (AvgIpc) is 2.97. The van der Waals surface area contributed by atoms with Gasteiger partial charge in [0.25, 0.3) is 0 Å². The summed E-state index contributed by atoms with van der Waals surface area (Å²) in [5.41, 5.74) is -3.26. The predicted molar refractivity (Wildman–Crippen MR) is 164 cm³/mol. The van der Waals surface area contributed by atoms with Gasteiger partial charge in [-0.2, -0.15) is 34.8 Å². The number of hydrogen-bond donors (Lipinski definition) is 0. The molecule has 0 aliphatic rings. The Balaban J connectivity index is 1.92. The lowest BCUT2D eigenvalue weighted by molar-refractivity contribution is -0.0605. The normalized spacial score (nSPS) is 13.9. The number of nitrogens with zero attached hydrogens (tertiary/aromatic N) is 2. The van der Waals surface area contributed by atoms with E-state index in [0.717, 1.165) is 25.0 Å². The lowest BCUT2D eigenvalue weighted by Gasteiger charge is -2.13. The third-order valence-corrected chi connectivity index (χ3v) is 8.37. The maximum absolute atomic E-state index is 13.6. The van der Waals surface area contributed by atoms with Crippen LogP contribution in [0.3, 0.4) is 0 Å². The van der Waals surface area contributed by atoms with Crippen molar-refractivity contribution in [2.75, 3.05) is 24.7 Å². The monoisotopic (exact) mass is 686 g/mol. The third kappa shape index (κ3) is 13.7. The summed E-state index contributed by atoms with van der Waals surface area (Å²) in [6.45, 7) is 5.66. The van der Waals surface area contributed by atoms with E-state index in [1.54, 1.807) is 19.2 Å².